The van der Waals surface area contributed by atoms with E-state index < -0.39 is 0 Å². The summed E-state index contributed by atoms with van der Waals surface area (Å²) < 4.78 is 5.98. The van der Waals surface area contributed by atoms with E-state index in [1.165, 1.54) is 11.1 Å². The van der Waals surface area contributed by atoms with E-state index in [2.05, 4.69) is 71.9 Å². The molecule has 0 saturated carbocycles. The van der Waals surface area contributed by atoms with E-state index in [0.29, 0.717) is 0 Å². The maximum absolute atomic E-state index is 5.98. The Kier molecular flexibility index (Phi) is 4.13. The Labute approximate surface area is 129 Å². The molecule has 0 unspecified atom stereocenters. The average molecular weight is 282 g/mol. The van der Waals surface area contributed by atoms with Crippen LogP contribution in [0.4, 0.5) is 0 Å². The largest absolute Gasteiger partial charge is 0.457 e. The molecule has 0 aliphatic heterocycles. The normalized spacial score (nSPS) is 12.3. The van der Waals surface area contributed by atoms with Crippen molar-refractivity contribution in [2.45, 2.75) is 52.4 Å². The molecule has 21 heavy (non-hydrogen) atoms. The first-order valence-corrected chi connectivity index (χ1v) is 7.55. The Morgan fingerprint density at radius 1 is 0.619 bits per heavy atom. The summed E-state index contributed by atoms with van der Waals surface area (Å²) in [4.78, 5) is 0. The Hall–Kier alpha value is -1.76. The van der Waals surface area contributed by atoms with Gasteiger partial charge in [0.25, 0.3) is 0 Å². The molecule has 0 atom stereocenters. The maximum Gasteiger partial charge on any atom is 0.127 e. The van der Waals surface area contributed by atoms with E-state index in [9.17, 15) is 0 Å². The molecular formula is C20H26O. The quantitative estimate of drug-likeness (QED) is 0.649. The first kappa shape index (κ1) is 15.6. The van der Waals surface area contributed by atoms with Crippen molar-refractivity contribution in [1.82, 2.24) is 0 Å². The van der Waals surface area contributed by atoms with Gasteiger partial charge in [0.15, 0.2) is 0 Å². The highest BCUT2D eigenvalue weighted by Crippen LogP contribution is 2.30. The van der Waals surface area contributed by atoms with Crippen LogP contribution in [0.5, 0.6) is 11.5 Å². The highest BCUT2D eigenvalue weighted by Gasteiger charge is 2.15. The van der Waals surface area contributed by atoms with Gasteiger partial charge in [0.05, 0.1) is 0 Å². The third-order valence-electron chi connectivity index (χ3n) is 3.66. The van der Waals surface area contributed by atoms with Crippen molar-refractivity contribution in [1.29, 1.82) is 0 Å². The standard InChI is InChI=1S/C20H26O/c1-19(2,3)15-10-12-17(13-11-15)21-18-9-7-8-16(14-18)20(4,5)6/h7-14H,1-6H3. The molecule has 0 heterocycles. The third kappa shape index (κ3) is 4.10. The molecule has 1 nitrogen and oxygen atoms in total. The highest BCUT2D eigenvalue weighted by molar-refractivity contribution is 5.38. The van der Waals surface area contributed by atoms with Crippen LogP contribution >= 0.6 is 0 Å². The van der Waals surface area contributed by atoms with E-state index in [0.717, 1.165) is 11.5 Å². The van der Waals surface area contributed by atoms with Crippen molar-refractivity contribution in [2.24, 2.45) is 0 Å². The van der Waals surface area contributed by atoms with E-state index in [-0.39, 0.29) is 10.8 Å². The van der Waals surface area contributed by atoms with Crippen LogP contribution in [0.2, 0.25) is 0 Å². The molecule has 0 amide bonds. The van der Waals surface area contributed by atoms with Crippen molar-refractivity contribution in [2.75, 3.05) is 0 Å². The SMILES string of the molecule is CC(C)(C)c1ccc(Oc2cccc(C(C)(C)C)c2)cc1. The van der Waals surface area contributed by atoms with E-state index in [4.69, 9.17) is 4.74 Å². The van der Waals surface area contributed by atoms with Crippen molar-refractivity contribution < 1.29 is 4.74 Å². The molecule has 112 valence electrons. The molecule has 0 bridgehead atoms. The van der Waals surface area contributed by atoms with Crippen LogP contribution in [0.15, 0.2) is 48.5 Å². The molecule has 0 aromatic heterocycles. The van der Waals surface area contributed by atoms with Gasteiger partial charge < -0.3 is 4.74 Å². The lowest BCUT2D eigenvalue weighted by Gasteiger charge is -2.20. The molecule has 0 radical (unpaired) electrons. The van der Waals surface area contributed by atoms with Gasteiger partial charge in [-0.2, -0.15) is 0 Å². The van der Waals surface area contributed by atoms with Crippen LogP contribution in [0.3, 0.4) is 0 Å². The summed E-state index contributed by atoms with van der Waals surface area (Å²) >= 11 is 0. The molecule has 2 rings (SSSR count). The van der Waals surface area contributed by atoms with Gasteiger partial charge in [0, 0.05) is 0 Å². The predicted molar refractivity (Wildman–Crippen MR) is 90.4 cm³/mol. The molecule has 0 aliphatic rings. The Morgan fingerprint density at radius 2 is 1.19 bits per heavy atom. The van der Waals surface area contributed by atoms with Crippen LogP contribution in [0.1, 0.15) is 52.7 Å². The van der Waals surface area contributed by atoms with Gasteiger partial charge in [0.1, 0.15) is 11.5 Å². The predicted octanol–water partition coefficient (Wildman–Crippen LogP) is 6.07. The van der Waals surface area contributed by atoms with Crippen molar-refractivity contribution in [3.63, 3.8) is 0 Å². The van der Waals surface area contributed by atoms with Crippen molar-refractivity contribution in [3.05, 3.63) is 59.7 Å². The lowest BCUT2D eigenvalue weighted by molar-refractivity contribution is 0.477. The van der Waals surface area contributed by atoms with Crippen LogP contribution in [0, 0.1) is 0 Å². The molecule has 0 aliphatic carbocycles. The van der Waals surface area contributed by atoms with Crippen molar-refractivity contribution >= 4 is 0 Å². The fraction of sp³-hybridized carbons (Fsp3) is 0.400. The van der Waals surface area contributed by atoms with Gasteiger partial charge in [-0.3, -0.25) is 0 Å². The van der Waals surface area contributed by atoms with E-state index in [1.54, 1.807) is 0 Å². The zero-order valence-corrected chi connectivity index (χ0v) is 14.0. The molecule has 1 heteroatoms. The summed E-state index contributed by atoms with van der Waals surface area (Å²) in [6, 6.07) is 16.7. The summed E-state index contributed by atoms with van der Waals surface area (Å²) in [5, 5.41) is 0. The summed E-state index contributed by atoms with van der Waals surface area (Å²) in [7, 11) is 0. The number of ether oxygens (including phenoxy) is 1. The highest BCUT2D eigenvalue weighted by atomic mass is 16.5. The molecular weight excluding hydrogens is 256 g/mol. The lowest BCUT2D eigenvalue weighted by atomic mass is 9.87. The maximum atomic E-state index is 5.98. The number of benzene rings is 2. The zero-order valence-electron chi connectivity index (χ0n) is 14.0. The van der Waals surface area contributed by atoms with Crippen LogP contribution < -0.4 is 4.74 Å². The summed E-state index contributed by atoms with van der Waals surface area (Å²) in [6.07, 6.45) is 0. The van der Waals surface area contributed by atoms with Gasteiger partial charge >= 0.3 is 0 Å². The average Bonchev–Trinajstić information content (AvgIpc) is 2.37. The zero-order chi connectivity index (χ0) is 15.7. The molecule has 2 aromatic carbocycles. The lowest BCUT2D eigenvalue weighted by Crippen LogP contribution is -2.11. The van der Waals surface area contributed by atoms with Crippen LogP contribution in [0.25, 0.3) is 0 Å². The third-order valence-corrected chi connectivity index (χ3v) is 3.66. The minimum absolute atomic E-state index is 0.134. The minimum atomic E-state index is 0.134. The fourth-order valence-corrected chi connectivity index (χ4v) is 2.19. The second-order valence-electron chi connectivity index (χ2n) is 7.65. The Balaban J connectivity index is 2.19. The van der Waals surface area contributed by atoms with Crippen LogP contribution in [-0.2, 0) is 10.8 Å². The summed E-state index contributed by atoms with van der Waals surface area (Å²) in [6.45, 7) is 13.3. The number of hydrogen-bond donors (Lipinski definition) is 0. The first-order valence-electron chi connectivity index (χ1n) is 7.55. The smallest absolute Gasteiger partial charge is 0.127 e. The van der Waals surface area contributed by atoms with Gasteiger partial charge in [-0.15, -0.1) is 0 Å². The second kappa shape index (κ2) is 5.55. The van der Waals surface area contributed by atoms with Gasteiger partial charge in [0.2, 0.25) is 0 Å². The Bertz CT molecular complexity index is 595. The van der Waals surface area contributed by atoms with Gasteiger partial charge in [-0.25, -0.2) is 0 Å². The van der Waals surface area contributed by atoms with E-state index in [1.807, 2.05) is 18.2 Å². The molecule has 0 fully saturated rings. The van der Waals surface area contributed by atoms with E-state index >= 15 is 0 Å². The van der Waals surface area contributed by atoms with Gasteiger partial charge in [-0.05, 0) is 46.2 Å². The van der Waals surface area contributed by atoms with Crippen LogP contribution in [-0.4, -0.2) is 0 Å². The van der Waals surface area contributed by atoms with Gasteiger partial charge in [-0.1, -0.05) is 65.8 Å². The second-order valence-corrected chi connectivity index (χ2v) is 7.65. The minimum Gasteiger partial charge on any atom is -0.457 e. The number of hydrogen-bond acceptors (Lipinski definition) is 1. The number of rotatable bonds is 2. The monoisotopic (exact) mass is 282 g/mol. The fourth-order valence-electron chi connectivity index (χ4n) is 2.19. The summed E-state index contributed by atoms with van der Waals surface area (Å²) in [5.74, 6) is 1.78. The van der Waals surface area contributed by atoms with Crippen molar-refractivity contribution in [3.8, 4) is 11.5 Å². The molecule has 2 aromatic rings. The Morgan fingerprint density at radius 3 is 1.71 bits per heavy atom. The first-order chi connectivity index (χ1) is 9.66. The molecule has 0 saturated heterocycles. The molecule has 0 spiro atoms. The molecule has 0 N–H and O–H groups in total. The summed E-state index contributed by atoms with van der Waals surface area (Å²) in [5.41, 5.74) is 2.91. The topological polar surface area (TPSA) is 9.23 Å².